The Labute approximate surface area is 118 Å². The van der Waals surface area contributed by atoms with Gasteiger partial charge in [0, 0.05) is 0 Å². The second kappa shape index (κ2) is 16.0. The van der Waals surface area contributed by atoms with Crippen molar-refractivity contribution in [1.29, 1.82) is 5.26 Å². The second-order valence-corrected chi connectivity index (χ2v) is 0.417. The van der Waals surface area contributed by atoms with Gasteiger partial charge in [-0.1, -0.05) is 0 Å². The molecule has 0 unspecified atom stereocenters. The Morgan fingerprint density at radius 1 is 1.50 bits per heavy atom. The van der Waals surface area contributed by atoms with Gasteiger partial charge in [-0.05, 0) is 0 Å². The Hall–Kier alpha value is 1.96. The molecule has 0 amide bonds. The third kappa shape index (κ3) is 24.6. The van der Waals surface area contributed by atoms with Crippen LogP contribution >= 0.6 is 0 Å². The van der Waals surface area contributed by atoms with Gasteiger partial charge >= 0.3 is 94.6 Å². The van der Waals surface area contributed by atoms with E-state index in [1.54, 1.807) is 0 Å². The fraction of sp³-hybridized carbons (Fsp3) is 0. The zero-order valence-corrected chi connectivity index (χ0v) is 11.3. The first-order valence-electron chi connectivity index (χ1n) is 0.901. The largest absolute Gasteiger partial charge is 1.00 e. The molecule has 6 heteroatoms. The summed E-state index contributed by atoms with van der Waals surface area (Å²) in [5.74, 6) is -1.44. The van der Waals surface area contributed by atoms with Gasteiger partial charge in [-0.3, -0.25) is 0 Å². The molecule has 0 saturated carbocycles. The van der Waals surface area contributed by atoms with Crippen molar-refractivity contribution in [2.75, 3.05) is 0 Å². The molecule has 0 saturated heterocycles. The number of hydrogen-bond acceptors (Lipinski definition) is 2. The Kier molecular flexibility index (Phi) is 45.0. The van der Waals surface area contributed by atoms with Crippen LogP contribution in [0.3, 0.4) is 0 Å². The van der Waals surface area contributed by atoms with Gasteiger partial charge in [0.2, 0.25) is 0 Å². The summed E-state index contributed by atoms with van der Waals surface area (Å²) < 4.78 is 0. The van der Waals surface area contributed by atoms with Crippen molar-refractivity contribution < 1.29 is 103 Å². The number of nitrogens with zero attached hydrogens (tertiary/aromatic N) is 1. The van der Waals surface area contributed by atoms with E-state index in [0.29, 0.717) is 0 Å². The summed E-state index contributed by atoms with van der Waals surface area (Å²) in [6.07, 6.45) is 0. The number of nitriles is 1. The summed E-state index contributed by atoms with van der Waals surface area (Å²) in [6.45, 7) is 0. The van der Waals surface area contributed by atoms with E-state index >= 15 is 0 Å². The van der Waals surface area contributed by atoms with Crippen LogP contribution in [0, 0.1) is 11.3 Å². The standard InChI is InChI=1S/C2HNO2.3Na.3H/c3-1-2(4)5;;;;;;/h(H,4,5);;;;;;/q;3*+1;3*-1. The summed E-state index contributed by atoms with van der Waals surface area (Å²) >= 11 is 0. The van der Waals surface area contributed by atoms with E-state index in [1.165, 1.54) is 0 Å². The van der Waals surface area contributed by atoms with Gasteiger partial charge < -0.3 is 9.39 Å². The summed E-state index contributed by atoms with van der Waals surface area (Å²) in [7, 11) is 0. The van der Waals surface area contributed by atoms with E-state index in [9.17, 15) is 0 Å². The van der Waals surface area contributed by atoms with Crippen LogP contribution in [-0.2, 0) is 4.79 Å². The zero-order valence-electron chi connectivity index (χ0n) is 8.30. The van der Waals surface area contributed by atoms with Crippen molar-refractivity contribution in [2.45, 2.75) is 0 Å². The fourth-order valence-electron chi connectivity index (χ4n) is 0. The summed E-state index contributed by atoms with van der Waals surface area (Å²) in [5.41, 5.74) is 0. The molecule has 0 atom stereocenters. The molecule has 0 aliphatic rings. The molecular weight excluding hydrogens is 139 g/mol. The third-order valence-corrected chi connectivity index (χ3v) is 0.0956. The van der Waals surface area contributed by atoms with E-state index in [-0.39, 0.29) is 93.0 Å². The zero-order chi connectivity index (χ0) is 4.28. The first kappa shape index (κ1) is 22.5. The Morgan fingerprint density at radius 2 is 1.62 bits per heavy atom. The topological polar surface area (TPSA) is 61.1 Å². The van der Waals surface area contributed by atoms with Gasteiger partial charge in [0.05, 0.1) is 0 Å². The Bertz CT molecular complexity index is 97.1. The molecular formula is C2H4NNa3O2. The molecule has 0 rings (SSSR count). The average Bonchev–Trinajstić information content (AvgIpc) is 1.38. The minimum atomic E-state index is -1.44. The monoisotopic (exact) mass is 143 g/mol. The van der Waals surface area contributed by atoms with Crippen molar-refractivity contribution >= 4 is 5.97 Å². The van der Waals surface area contributed by atoms with Crippen LogP contribution in [0.15, 0.2) is 0 Å². The molecule has 0 aliphatic carbocycles. The van der Waals surface area contributed by atoms with Crippen molar-refractivity contribution in [3.05, 3.63) is 0 Å². The van der Waals surface area contributed by atoms with E-state index in [2.05, 4.69) is 0 Å². The van der Waals surface area contributed by atoms with Crippen LogP contribution in [0.5, 0.6) is 0 Å². The molecule has 0 fully saturated rings. The van der Waals surface area contributed by atoms with E-state index in [4.69, 9.17) is 15.2 Å². The van der Waals surface area contributed by atoms with Crippen molar-refractivity contribution in [2.24, 2.45) is 0 Å². The second-order valence-electron chi connectivity index (χ2n) is 0.417. The number of rotatable bonds is 0. The molecule has 0 aromatic heterocycles. The molecule has 8 heavy (non-hydrogen) atoms. The quantitative estimate of drug-likeness (QED) is 0.208. The molecule has 0 aromatic carbocycles. The van der Waals surface area contributed by atoms with Crippen LogP contribution < -0.4 is 88.7 Å². The van der Waals surface area contributed by atoms with Gasteiger partial charge in [0.25, 0.3) is 0 Å². The van der Waals surface area contributed by atoms with E-state index in [1.807, 2.05) is 0 Å². The first-order chi connectivity index (χ1) is 2.27. The molecule has 0 bridgehead atoms. The van der Waals surface area contributed by atoms with Gasteiger partial charge in [-0.2, -0.15) is 5.26 Å². The maximum absolute atomic E-state index is 9.01. The van der Waals surface area contributed by atoms with Gasteiger partial charge in [-0.15, -0.1) is 0 Å². The van der Waals surface area contributed by atoms with Crippen molar-refractivity contribution in [3.63, 3.8) is 0 Å². The molecule has 0 spiro atoms. The summed E-state index contributed by atoms with van der Waals surface area (Å²) in [6, 6.07) is 0.944. The Morgan fingerprint density at radius 3 is 1.62 bits per heavy atom. The SMILES string of the molecule is N#CC(=O)O.[H-].[H-].[H-].[Na+].[Na+].[Na+]. The van der Waals surface area contributed by atoms with Gasteiger partial charge in [-0.25, -0.2) is 4.79 Å². The predicted molar refractivity (Wildman–Crippen MR) is 16.6 cm³/mol. The maximum atomic E-state index is 9.01. The van der Waals surface area contributed by atoms with E-state index in [0.717, 1.165) is 6.07 Å². The number of carbonyl (C=O) groups is 1. The normalized spacial score (nSPS) is 3.38. The molecule has 0 heterocycles. The van der Waals surface area contributed by atoms with Crippen LogP contribution in [0.2, 0.25) is 0 Å². The van der Waals surface area contributed by atoms with Crippen LogP contribution in [0.25, 0.3) is 0 Å². The first-order valence-corrected chi connectivity index (χ1v) is 0.901. The number of aliphatic carboxylic acids is 1. The van der Waals surface area contributed by atoms with Crippen LogP contribution in [-0.4, -0.2) is 11.1 Å². The number of carboxylic acid groups (broad SMARTS) is 1. The smallest absolute Gasteiger partial charge is 1.00 e. The molecule has 3 nitrogen and oxygen atoms in total. The van der Waals surface area contributed by atoms with E-state index < -0.39 is 5.97 Å². The van der Waals surface area contributed by atoms with Crippen LogP contribution in [0.4, 0.5) is 0 Å². The predicted octanol–water partition coefficient (Wildman–Crippen LogP) is -9.06. The maximum Gasteiger partial charge on any atom is 1.00 e. The van der Waals surface area contributed by atoms with Crippen LogP contribution in [0.1, 0.15) is 4.28 Å². The number of carboxylic acids is 1. The average molecular weight is 143 g/mol. The molecule has 32 valence electrons. The number of hydrogen-bond donors (Lipinski definition) is 1. The summed E-state index contributed by atoms with van der Waals surface area (Å²) in [5, 5.41) is 14.7. The van der Waals surface area contributed by atoms with Crippen molar-refractivity contribution in [1.82, 2.24) is 0 Å². The summed E-state index contributed by atoms with van der Waals surface area (Å²) in [4.78, 5) is 9.01. The minimum Gasteiger partial charge on any atom is -1.00 e. The Balaban J connectivity index is -0.00000000533. The molecule has 0 aromatic rings. The molecule has 0 radical (unpaired) electrons. The third-order valence-electron chi connectivity index (χ3n) is 0.0956. The van der Waals surface area contributed by atoms with Gasteiger partial charge in [0.1, 0.15) is 0 Å². The fourth-order valence-corrected chi connectivity index (χ4v) is 0. The van der Waals surface area contributed by atoms with Crippen molar-refractivity contribution in [3.8, 4) is 6.07 Å². The molecule has 1 N–H and O–H groups in total. The van der Waals surface area contributed by atoms with Gasteiger partial charge in [0.15, 0.2) is 6.07 Å². The minimum absolute atomic E-state index is 0. The molecule has 0 aliphatic heterocycles.